The first-order valence-corrected chi connectivity index (χ1v) is 27.2. The molecule has 64 heavy (non-hydrogen) atoms. The molecule has 0 aromatic carbocycles. The van der Waals surface area contributed by atoms with Gasteiger partial charge in [0, 0.05) is 6.42 Å². The third-order valence-electron chi connectivity index (χ3n) is 12.0. The monoisotopic (exact) mass is 894 g/mol. The molecule has 0 aromatic rings. The first kappa shape index (κ1) is 61.3. The van der Waals surface area contributed by atoms with Crippen molar-refractivity contribution in [1.82, 2.24) is 5.32 Å². The van der Waals surface area contributed by atoms with Crippen LogP contribution in [0.15, 0.2) is 72.9 Å². The molecule has 0 radical (unpaired) electrons. The average molecular weight is 894 g/mol. The van der Waals surface area contributed by atoms with Crippen LogP contribution in [-0.2, 0) is 14.3 Å². The highest BCUT2D eigenvalue weighted by Gasteiger charge is 2.24. The van der Waals surface area contributed by atoms with Crippen molar-refractivity contribution < 1.29 is 24.5 Å². The smallest absolute Gasteiger partial charge is 0.306 e. The predicted molar refractivity (Wildman–Crippen MR) is 278 cm³/mol. The van der Waals surface area contributed by atoms with Gasteiger partial charge in [0.1, 0.15) is 6.10 Å². The minimum absolute atomic E-state index is 0.0568. The Kier molecular flexibility index (Phi) is 49.1. The topological polar surface area (TPSA) is 95.9 Å². The molecule has 6 nitrogen and oxygen atoms in total. The molecule has 0 heterocycles. The van der Waals surface area contributed by atoms with E-state index in [4.69, 9.17) is 4.74 Å². The number of aliphatic hydroxyl groups is 2. The van der Waals surface area contributed by atoms with E-state index >= 15 is 0 Å². The summed E-state index contributed by atoms with van der Waals surface area (Å²) in [5.41, 5.74) is 0. The Morgan fingerprint density at radius 1 is 0.453 bits per heavy atom. The van der Waals surface area contributed by atoms with E-state index in [0.717, 1.165) is 96.3 Å². The number of hydrogen-bond acceptors (Lipinski definition) is 5. The molecule has 6 heteroatoms. The fourth-order valence-corrected chi connectivity index (χ4v) is 7.86. The molecule has 0 saturated heterocycles. The standard InChI is InChI=1S/C58H103NO5/c1-4-7-10-13-16-19-21-23-25-27-28-30-32-34-36-39-42-45-48-51-58(63)64-54(49-46-43-40-38-35-33-31-29-26-24-22-20-17-14-11-8-5-2)52-57(62)59-55(53-60)56(61)50-47-44-41-37-18-15-12-9-6-3/h16-17,19-20,23-26,28,30,34,36,54-56,60-61H,4-15,18,21-22,27,29,31-33,35,37-53H2,1-3H3,(H,59,62)/b19-16-,20-17-,25-23-,26-24-,30-28-,36-34-. The lowest BCUT2D eigenvalue weighted by Crippen LogP contribution is -2.46. The zero-order chi connectivity index (χ0) is 46.7. The van der Waals surface area contributed by atoms with Gasteiger partial charge in [0.05, 0.1) is 25.2 Å². The van der Waals surface area contributed by atoms with Crippen LogP contribution in [0.2, 0.25) is 0 Å². The summed E-state index contributed by atoms with van der Waals surface area (Å²) >= 11 is 0. The number of amides is 1. The molecular formula is C58H103NO5. The van der Waals surface area contributed by atoms with Crippen LogP contribution < -0.4 is 5.32 Å². The Hall–Kier alpha value is -2.70. The van der Waals surface area contributed by atoms with Gasteiger partial charge in [0.15, 0.2) is 0 Å². The van der Waals surface area contributed by atoms with Crippen molar-refractivity contribution in [2.45, 2.75) is 277 Å². The first-order chi connectivity index (χ1) is 31.5. The summed E-state index contributed by atoms with van der Waals surface area (Å²) in [5, 5.41) is 23.7. The maximum atomic E-state index is 13.2. The zero-order valence-corrected chi connectivity index (χ0v) is 42.1. The van der Waals surface area contributed by atoms with Crippen LogP contribution in [0.1, 0.15) is 258 Å². The fourth-order valence-electron chi connectivity index (χ4n) is 7.86. The third-order valence-corrected chi connectivity index (χ3v) is 12.0. The highest BCUT2D eigenvalue weighted by molar-refractivity contribution is 5.77. The summed E-state index contributed by atoms with van der Waals surface area (Å²) in [5.74, 6) is -0.518. The van der Waals surface area contributed by atoms with Gasteiger partial charge in [-0.15, -0.1) is 0 Å². The van der Waals surface area contributed by atoms with Crippen molar-refractivity contribution in [2.75, 3.05) is 6.61 Å². The van der Waals surface area contributed by atoms with E-state index in [1.807, 2.05) is 0 Å². The van der Waals surface area contributed by atoms with Gasteiger partial charge in [0.25, 0.3) is 0 Å². The van der Waals surface area contributed by atoms with Crippen molar-refractivity contribution in [2.24, 2.45) is 0 Å². The van der Waals surface area contributed by atoms with Crippen molar-refractivity contribution in [3.63, 3.8) is 0 Å². The summed E-state index contributed by atoms with van der Waals surface area (Å²) in [6, 6.07) is -0.713. The highest BCUT2D eigenvalue weighted by atomic mass is 16.5. The second kappa shape index (κ2) is 51.3. The molecule has 0 fully saturated rings. The molecule has 0 spiro atoms. The summed E-state index contributed by atoms with van der Waals surface area (Å²) in [7, 11) is 0. The molecule has 3 atom stereocenters. The molecule has 0 aliphatic carbocycles. The molecule has 0 bridgehead atoms. The summed E-state index contributed by atoms with van der Waals surface area (Å²) < 4.78 is 5.93. The van der Waals surface area contributed by atoms with Crippen LogP contribution in [0.25, 0.3) is 0 Å². The quantitative estimate of drug-likeness (QED) is 0.0321. The van der Waals surface area contributed by atoms with E-state index in [1.54, 1.807) is 0 Å². The van der Waals surface area contributed by atoms with Crippen molar-refractivity contribution >= 4 is 11.9 Å². The number of carbonyl (C=O) groups is 2. The number of esters is 1. The van der Waals surface area contributed by atoms with Crippen molar-refractivity contribution in [3.8, 4) is 0 Å². The van der Waals surface area contributed by atoms with Crippen LogP contribution >= 0.6 is 0 Å². The van der Waals surface area contributed by atoms with Crippen LogP contribution in [0.3, 0.4) is 0 Å². The number of ether oxygens (including phenoxy) is 1. The third kappa shape index (κ3) is 45.9. The molecule has 1 amide bonds. The number of nitrogens with one attached hydrogen (secondary N) is 1. The van der Waals surface area contributed by atoms with Gasteiger partial charge in [0.2, 0.25) is 5.91 Å². The molecular weight excluding hydrogens is 791 g/mol. The van der Waals surface area contributed by atoms with E-state index in [2.05, 4.69) is 99.0 Å². The minimum atomic E-state index is -0.797. The number of hydrogen-bond donors (Lipinski definition) is 3. The van der Waals surface area contributed by atoms with Gasteiger partial charge in [-0.05, 0) is 103 Å². The van der Waals surface area contributed by atoms with Gasteiger partial charge < -0.3 is 20.3 Å². The van der Waals surface area contributed by atoms with Gasteiger partial charge in [-0.2, -0.15) is 0 Å². The highest BCUT2D eigenvalue weighted by Crippen LogP contribution is 2.17. The van der Waals surface area contributed by atoms with Crippen LogP contribution in [0.5, 0.6) is 0 Å². The van der Waals surface area contributed by atoms with E-state index in [-0.39, 0.29) is 24.9 Å². The SMILES string of the molecule is CCCCC/C=C\C/C=C\C/C=C\C/C=C\CCCCCC(=O)OC(CCCCCCCCC/C=C\C/C=C\CCCCC)CC(=O)NC(CO)C(O)CCCCCCCCCCC. The van der Waals surface area contributed by atoms with Crippen molar-refractivity contribution in [1.29, 1.82) is 0 Å². The molecule has 0 aliphatic heterocycles. The van der Waals surface area contributed by atoms with Crippen molar-refractivity contribution in [3.05, 3.63) is 72.9 Å². The first-order valence-electron chi connectivity index (χ1n) is 27.2. The molecule has 0 aliphatic rings. The summed E-state index contributed by atoms with van der Waals surface area (Å²) in [6.45, 7) is 6.41. The summed E-state index contributed by atoms with van der Waals surface area (Å²) in [4.78, 5) is 26.2. The molecule has 370 valence electrons. The Balaban J connectivity index is 4.64. The maximum Gasteiger partial charge on any atom is 0.306 e. The van der Waals surface area contributed by atoms with Crippen LogP contribution in [0, 0.1) is 0 Å². The Bertz CT molecular complexity index is 1190. The Labute approximate surface area is 396 Å². The van der Waals surface area contributed by atoms with E-state index in [9.17, 15) is 19.8 Å². The summed E-state index contributed by atoms with van der Waals surface area (Å²) in [6.07, 6.45) is 65.3. The lowest BCUT2D eigenvalue weighted by molar-refractivity contribution is -0.151. The van der Waals surface area contributed by atoms with Gasteiger partial charge in [-0.25, -0.2) is 0 Å². The Morgan fingerprint density at radius 2 is 0.797 bits per heavy atom. The van der Waals surface area contributed by atoms with Crippen LogP contribution in [-0.4, -0.2) is 46.9 Å². The average Bonchev–Trinajstić information content (AvgIpc) is 3.29. The van der Waals surface area contributed by atoms with E-state index < -0.39 is 18.2 Å². The molecule has 3 N–H and O–H groups in total. The number of carbonyl (C=O) groups excluding carboxylic acids is 2. The second-order valence-electron chi connectivity index (χ2n) is 18.3. The number of allylic oxidation sites excluding steroid dienone is 12. The minimum Gasteiger partial charge on any atom is -0.462 e. The number of unbranched alkanes of at least 4 members (excludes halogenated alkanes) is 24. The molecule has 0 saturated carbocycles. The lowest BCUT2D eigenvalue weighted by Gasteiger charge is -2.24. The van der Waals surface area contributed by atoms with E-state index in [1.165, 1.54) is 116 Å². The second-order valence-corrected chi connectivity index (χ2v) is 18.3. The Morgan fingerprint density at radius 3 is 1.23 bits per heavy atom. The van der Waals surface area contributed by atoms with Gasteiger partial charge >= 0.3 is 5.97 Å². The zero-order valence-electron chi connectivity index (χ0n) is 42.1. The van der Waals surface area contributed by atoms with Gasteiger partial charge in [-0.3, -0.25) is 9.59 Å². The molecule has 3 unspecified atom stereocenters. The maximum absolute atomic E-state index is 13.2. The van der Waals surface area contributed by atoms with Gasteiger partial charge in [-0.1, -0.05) is 216 Å². The lowest BCUT2D eigenvalue weighted by atomic mass is 10.0. The number of aliphatic hydroxyl groups excluding tert-OH is 2. The molecule has 0 rings (SSSR count). The van der Waals surface area contributed by atoms with Crippen LogP contribution in [0.4, 0.5) is 0 Å². The number of rotatable bonds is 48. The van der Waals surface area contributed by atoms with E-state index in [0.29, 0.717) is 19.3 Å². The largest absolute Gasteiger partial charge is 0.462 e. The molecule has 0 aromatic heterocycles. The fraction of sp³-hybridized carbons (Fsp3) is 0.759. The predicted octanol–water partition coefficient (Wildman–Crippen LogP) is 16.6. The normalized spacial score (nSPS) is 13.8.